The highest BCUT2D eigenvalue weighted by Crippen LogP contribution is 2.33. The van der Waals surface area contributed by atoms with Crippen LogP contribution in [0.15, 0.2) is 18.2 Å². The van der Waals surface area contributed by atoms with Crippen LogP contribution >= 0.6 is 0 Å². The van der Waals surface area contributed by atoms with Gasteiger partial charge in [0.25, 0.3) is 0 Å². The largest absolute Gasteiger partial charge is 0.496 e. The van der Waals surface area contributed by atoms with Crippen LogP contribution in [0.5, 0.6) is 5.75 Å². The van der Waals surface area contributed by atoms with E-state index in [1.807, 2.05) is 6.92 Å². The maximum Gasteiger partial charge on any atom is 0.132 e. The summed E-state index contributed by atoms with van der Waals surface area (Å²) in [6.07, 6.45) is 5.79. The van der Waals surface area contributed by atoms with E-state index in [-0.39, 0.29) is 12.4 Å². The summed E-state index contributed by atoms with van der Waals surface area (Å²) in [6.45, 7) is 1.67. The molecule has 1 atom stereocenters. The minimum Gasteiger partial charge on any atom is -0.496 e. The summed E-state index contributed by atoms with van der Waals surface area (Å²) in [7, 11) is 1.52. The van der Waals surface area contributed by atoms with Crippen LogP contribution in [-0.2, 0) is 5.54 Å². The van der Waals surface area contributed by atoms with Gasteiger partial charge in [-0.1, -0.05) is 25.3 Å². The maximum atomic E-state index is 14.2. The van der Waals surface area contributed by atoms with Crippen LogP contribution in [0.2, 0.25) is 0 Å². The number of halogens is 1. The second-order valence-corrected chi connectivity index (χ2v) is 5.79. The lowest BCUT2D eigenvalue weighted by atomic mass is 9.87. The van der Waals surface area contributed by atoms with E-state index in [2.05, 4.69) is 5.32 Å². The molecule has 1 unspecified atom stereocenters. The van der Waals surface area contributed by atoms with Gasteiger partial charge in [0.2, 0.25) is 0 Å². The number of hydrogen-bond donors (Lipinski definition) is 2. The molecule has 2 rings (SSSR count). The fourth-order valence-corrected chi connectivity index (χ4v) is 3.10. The molecule has 1 aromatic carbocycles. The molecule has 2 N–H and O–H groups in total. The molecule has 20 heavy (non-hydrogen) atoms. The fourth-order valence-electron chi connectivity index (χ4n) is 3.10. The Kier molecular flexibility index (Phi) is 5.00. The number of rotatable bonds is 5. The Morgan fingerprint density at radius 3 is 2.65 bits per heavy atom. The van der Waals surface area contributed by atoms with E-state index >= 15 is 0 Å². The zero-order valence-electron chi connectivity index (χ0n) is 12.3. The van der Waals surface area contributed by atoms with Gasteiger partial charge in [-0.15, -0.1) is 0 Å². The lowest BCUT2D eigenvalue weighted by Crippen LogP contribution is -2.49. The van der Waals surface area contributed by atoms with E-state index in [4.69, 9.17) is 4.74 Å². The molecule has 0 saturated heterocycles. The fraction of sp³-hybridized carbons (Fsp3) is 0.625. The molecule has 1 aliphatic rings. The molecule has 112 valence electrons. The van der Waals surface area contributed by atoms with Crippen molar-refractivity contribution in [1.82, 2.24) is 5.32 Å². The van der Waals surface area contributed by atoms with Gasteiger partial charge in [-0.2, -0.15) is 0 Å². The predicted molar refractivity (Wildman–Crippen MR) is 77.4 cm³/mol. The number of hydrogen-bond acceptors (Lipinski definition) is 3. The SMILES string of the molecule is COc1cccc(F)c1C(C)(CO)NC1CCCCC1. The monoisotopic (exact) mass is 281 g/mol. The van der Waals surface area contributed by atoms with Crippen LogP contribution in [0, 0.1) is 5.82 Å². The number of methoxy groups -OCH3 is 1. The Morgan fingerprint density at radius 1 is 1.35 bits per heavy atom. The summed E-state index contributed by atoms with van der Waals surface area (Å²) < 4.78 is 19.5. The van der Waals surface area contributed by atoms with Crippen molar-refractivity contribution in [2.45, 2.75) is 50.6 Å². The van der Waals surface area contributed by atoms with Crippen LogP contribution < -0.4 is 10.1 Å². The number of benzene rings is 1. The van der Waals surface area contributed by atoms with E-state index in [1.165, 1.54) is 32.4 Å². The van der Waals surface area contributed by atoms with Gasteiger partial charge in [0, 0.05) is 6.04 Å². The van der Waals surface area contributed by atoms with E-state index in [0.717, 1.165) is 12.8 Å². The first kappa shape index (κ1) is 15.3. The van der Waals surface area contributed by atoms with Gasteiger partial charge < -0.3 is 15.2 Å². The van der Waals surface area contributed by atoms with Gasteiger partial charge in [-0.05, 0) is 31.9 Å². The third-order valence-corrected chi connectivity index (χ3v) is 4.19. The molecule has 0 aliphatic heterocycles. The zero-order valence-corrected chi connectivity index (χ0v) is 12.3. The van der Waals surface area contributed by atoms with Crippen molar-refractivity contribution in [2.75, 3.05) is 13.7 Å². The maximum absolute atomic E-state index is 14.2. The highest BCUT2D eigenvalue weighted by molar-refractivity contribution is 5.40. The van der Waals surface area contributed by atoms with E-state index in [9.17, 15) is 9.50 Å². The molecule has 0 heterocycles. The lowest BCUT2D eigenvalue weighted by molar-refractivity contribution is 0.144. The Hall–Kier alpha value is -1.13. The summed E-state index contributed by atoms with van der Waals surface area (Å²) in [5.41, 5.74) is -0.408. The Labute approximate surface area is 120 Å². The number of aliphatic hydroxyl groups excluding tert-OH is 1. The predicted octanol–water partition coefficient (Wildman–Crippen LogP) is 2.96. The van der Waals surface area contributed by atoms with Crippen LogP contribution in [0.1, 0.15) is 44.6 Å². The molecule has 1 aromatic rings. The first-order valence-electron chi connectivity index (χ1n) is 7.32. The second-order valence-electron chi connectivity index (χ2n) is 5.79. The summed E-state index contributed by atoms with van der Waals surface area (Å²) >= 11 is 0. The molecule has 0 spiro atoms. The molecule has 0 radical (unpaired) electrons. The quantitative estimate of drug-likeness (QED) is 0.872. The van der Waals surface area contributed by atoms with E-state index in [1.54, 1.807) is 12.1 Å². The average Bonchev–Trinajstić information content (AvgIpc) is 2.47. The van der Waals surface area contributed by atoms with Gasteiger partial charge in [0.1, 0.15) is 11.6 Å². The van der Waals surface area contributed by atoms with Gasteiger partial charge in [-0.3, -0.25) is 0 Å². The third-order valence-electron chi connectivity index (χ3n) is 4.19. The molecule has 1 aliphatic carbocycles. The average molecular weight is 281 g/mol. The molecular formula is C16H24FNO2. The van der Waals surface area contributed by atoms with Crippen molar-refractivity contribution in [2.24, 2.45) is 0 Å². The highest BCUT2D eigenvalue weighted by atomic mass is 19.1. The minimum absolute atomic E-state index is 0.166. The Morgan fingerprint density at radius 2 is 2.05 bits per heavy atom. The summed E-state index contributed by atoms with van der Waals surface area (Å²) in [5.74, 6) is 0.133. The molecule has 1 fully saturated rings. The molecule has 3 nitrogen and oxygen atoms in total. The topological polar surface area (TPSA) is 41.5 Å². The van der Waals surface area contributed by atoms with Gasteiger partial charge >= 0.3 is 0 Å². The minimum atomic E-state index is -0.821. The van der Waals surface area contributed by atoms with Crippen molar-refractivity contribution in [3.8, 4) is 5.75 Å². The second kappa shape index (κ2) is 6.55. The molecular weight excluding hydrogens is 257 g/mol. The lowest BCUT2D eigenvalue weighted by Gasteiger charge is -2.36. The van der Waals surface area contributed by atoms with Crippen molar-refractivity contribution < 1.29 is 14.2 Å². The number of ether oxygens (including phenoxy) is 1. The van der Waals surface area contributed by atoms with E-state index < -0.39 is 5.54 Å². The van der Waals surface area contributed by atoms with Crippen LogP contribution in [0.4, 0.5) is 4.39 Å². The third kappa shape index (κ3) is 3.13. The summed E-state index contributed by atoms with van der Waals surface area (Å²) in [6, 6.07) is 5.09. The summed E-state index contributed by atoms with van der Waals surface area (Å²) in [5, 5.41) is 13.3. The van der Waals surface area contributed by atoms with Crippen molar-refractivity contribution >= 4 is 0 Å². The van der Waals surface area contributed by atoms with Crippen molar-refractivity contribution in [1.29, 1.82) is 0 Å². The Balaban J connectivity index is 2.29. The number of nitrogens with one attached hydrogen (secondary N) is 1. The van der Waals surface area contributed by atoms with Crippen molar-refractivity contribution in [3.05, 3.63) is 29.6 Å². The first-order chi connectivity index (χ1) is 9.60. The van der Waals surface area contributed by atoms with Gasteiger partial charge in [0.15, 0.2) is 0 Å². The van der Waals surface area contributed by atoms with Crippen molar-refractivity contribution in [3.63, 3.8) is 0 Å². The number of aliphatic hydroxyl groups is 1. The van der Waals surface area contributed by atoms with Crippen LogP contribution in [0.3, 0.4) is 0 Å². The van der Waals surface area contributed by atoms with E-state index in [0.29, 0.717) is 17.4 Å². The van der Waals surface area contributed by atoms with Crippen LogP contribution in [0.25, 0.3) is 0 Å². The first-order valence-corrected chi connectivity index (χ1v) is 7.32. The Bertz CT molecular complexity index is 446. The molecule has 0 bridgehead atoms. The van der Waals surface area contributed by atoms with Gasteiger partial charge in [-0.25, -0.2) is 4.39 Å². The molecule has 4 heteroatoms. The van der Waals surface area contributed by atoms with Crippen LogP contribution in [-0.4, -0.2) is 24.9 Å². The molecule has 0 aromatic heterocycles. The highest BCUT2D eigenvalue weighted by Gasteiger charge is 2.34. The zero-order chi connectivity index (χ0) is 14.6. The summed E-state index contributed by atoms with van der Waals surface area (Å²) in [4.78, 5) is 0. The standard InChI is InChI=1S/C16H24FNO2/c1-16(11-19,18-12-7-4-3-5-8-12)15-13(17)9-6-10-14(15)20-2/h6,9-10,12,18-19H,3-5,7-8,11H2,1-2H3. The molecule has 0 amide bonds. The molecule has 1 saturated carbocycles. The van der Waals surface area contributed by atoms with Gasteiger partial charge in [0.05, 0.1) is 24.8 Å². The normalized spacial score (nSPS) is 19.6. The smallest absolute Gasteiger partial charge is 0.132 e.